The molecule has 2 aromatic rings. The molecule has 0 radical (unpaired) electrons. The Bertz CT molecular complexity index is 812. The van der Waals surface area contributed by atoms with Crippen molar-refractivity contribution in [1.29, 1.82) is 0 Å². The Morgan fingerprint density at radius 1 is 1.22 bits per heavy atom. The highest BCUT2D eigenvalue weighted by Crippen LogP contribution is 2.27. The molecule has 0 aromatic heterocycles. The molecule has 2 rings (SSSR count). The Balaban J connectivity index is 2.32. The minimum absolute atomic E-state index is 0.189. The summed E-state index contributed by atoms with van der Waals surface area (Å²) in [6.07, 6.45) is 0. The molecular formula is C17H16ClN3O2. The highest BCUT2D eigenvalue weighted by molar-refractivity contribution is 6.31. The lowest BCUT2D eigenvalue weighted by Gasteiger charge is -2.14. The summed E-state index contributed by atoms with van der Waals surface area (Å²) in [6, 6.07) is 8.95. The van der Waals surface area contributed by atoms with Gasteiger partial charge in [-0.15, -0.1) is 0 Å². The monoisotopic (exact) mass is 329 g/mol. The number of hydrogen-bond donors (Lipinski definition) is 0. The van der Waals surface area contributed by atoms with Crippen LogP contribution in [0.25, 0.3) is 10.4 Å². The second-order valence-corrected chi connectivity index (χ2v) is 5.66. The number of carbonyl (C=O) groups is 1. The maximum atomic E-state index is 11.9. The molecular weight excluding hydrogens is 314 g/mol. The third-order valence-corrected chi connectivity index (χ3v) is 4.01. The van der Waals surface area contributed by atoms with Crippen molar-refractivity contribution < 1.29 is 9.53 Å². The van der Waals surface area contributed by atoms with E-state index in [-0.39, 0.29) is 6.61 Å². The molecule has 0 saturated heterocycles. The Morgan fingerprint density at radius 2 is 1.96 bits per heavy atom. The topological polar surface area (TPSA) is 75.1 Å². The van der Waals surface area contributed by atoms with Crippen molar-refractivity contribution in [3.63, 3.8) is 0 Å². The number of azide groups is 1. The van der Waals surface area contributed by atoms with Crippen LogP contribution in [0.15, 0.2) is 35.4 Å². The molecule has 0 spiro atoms. The normalized spacial score (nSPS) is 10.1. The smallest absolute Gasteiger partial charge is 0.249 e. The molecule has 118 valence electrons. The van der Waals surface area contributed by atoms with Crippen LogP contribution in [0.5, 0.6) is 5.75 Å². The molecule has 0 aliphatic heterocycles. The van der Waals surface area contributed by atoms with Crippen LogP contribution in [0, 0.1) is 20.8 Å². The van der Waals surface area contributed by atoms with Crippen molar-refractivity contribution in [2.45, 2.75) is 27.4 Å². The number of ether oxygens (including phenoxy) is 1. The molecule has 6 heteroatoms. The van der Waals surface area contributed by atoms with Gasteiger partial charge in [0.15, 0.2) is 0 Å². The molecule has 0 N–H and O–H groups in total. The van der Waals surface area contributed by atoms with Crippen molar-refractivity contribution in [1.82, 2.24) is 0 Å². The van der Waals surface area contributed by atoms with Crippen LogP contribution in [0.1, 0.15) is 32.6 Å². The molecule has 0 heterocycles. The van der Waals surface area contributed by atoms with Crippen LogP contribution >= 0.6 is 11.6 Å². The Labute approximate surface area is 139 Å². The van der Waals surface area contributed by atoms with Gasteiger partial charge in [-0.3, -0.25) is 4.79 Å². The molecule has 0 saturated carbocycles. The summed E-state index contributed by atoms with van der Waals surface area (Å²) in [4.78, 5) is 14.5. The lowest BCUT2D eigenvalue weighted by atomic mass is 10.0. The summed E-state index contributed by atoms with van der Waals surface area (Å²) in [7, 11) is 0. The highest BCUT2D eigenvalue weighted by Gasteiger charge is 2.13. The molecule has 0 aliphatic carbocycles. The van der Waals surface area contributed by atoms with E-state index in [0.717, 1.165) is 16.7 Å². The maximum absolute atomic E-state index is 11.9. The van der Waals surface area contributed by atoms with Crippen LogP contribution in [0.2, 0.25) is 5.02 Å². The van der Waals surface area contributed by atoms with E-state index in [1.54, 1.807) is 18.2 Å². The number of halogens is 1. The Kier molecular flexibility index (Phi) is 5.27. The second-order valence-electron chi connectivity index (χ2n) is 5.25. The fourth-order valence-electron chi connectivity index (χ4n) is 2.30. The quantitative estimate of drug-likeness (QED) is 0.434. The van der Waals surface area contributed by atoms with Crippen LogP contribution in [-0.2, 0) is 6.61 Å². The average Bonchev–Trinajstić information content (AvgIpc) is 2.50. The maximum Gasteiger partial charge on any atom is 0.249 e. The number of rotatable bonds is 4. The standard InChI is InChI=1S/C17H16ClN3O2/c1-10-5-4-6-13(17(22)20-21-19)14(10)9-23-16-8-15(18)11(2)7-12(16)3/h4-8H,9H2,1-3H3. The lowest BCUT2D eigenvalue weighted by molar-refractivity contribution is 0.0998. The third kappa shape index (κ3) is 3.83. The zero-order valence-electron chi connectivity index (χ0n) is 13.1. The molecule has 5 nitrogen and oxygen atoms in total. The molecule has 0 aliphatic rings. The second kappa shape index (κ2) is 7.18. The molecule has 0 bridgehead atoms. The summed E-state index contributed by atoms with van der Waals surface area (Å²) in [5.74, 6) is 0.0412. The number of hydrogen-bond acceptors (Lipinski definition) is 2. The number of benzene rings is 2. The molecule has 0 fully saturated rings. The number of aryl methyl sites for hydroxylation is 3. The van der Waals surface area contributed by atoms with Crippen molar-refractivity contribution in [3.8, 4) is 5.75 Å². The molecule has 2 aromatic carbocycles. The summed E-state index contributed by atoms with van der Waals surface area (Å²) >= 11 is 6.13. The van der Waals surface area contributed by atoms with Crippen molar-refractivity contribution >= 4 is 17.5 Å². The van der Waals surface area contributed by atoms with Crippen LogP contribution in [0.4, 0.5) is 0 Å². The van der Waals surface area contributed by atoms with Crippen molar-refractivity contribution in [3.05, 3.63) is 73.6 Å². The minimum Gasteiger partial charge on any atom is -0.489 e. The lowest BCUT2D eigenvalue weighted by Crippen LogP contribution is -2.07. The van der Waals surface area contributed by atoms with E-state index in [1.807, 2.05) is 32.9 Å². The summed E-state index contributed by atoms with van der Waals surface area (Å²) in [5, 5.41) is 3.79. The summed E-state index contributed by atoms with van der Waals surface area (Å²) in [6.45, 7) is 5.93. The molecule has 0 atom stereocenters. The predicted molar refractivity (Wildman–Crippen MR) is 89.9 cm³/mol. The molecule has 1 amide bonds. The third-order valence-electron chi connectivity index (χ3n) is 3.60. The Morgan fingerprint density at radius 3 is 2.65 bits per heavy atom. The van der Waals surface area contributed by atoms with E-state index in [4.69, 9.17) is 21.9 Å². The van der Waals surface area contributed by atoms with Gasteiger partial charge in [-0.1, -0.05) is 35.9 Å². The van der Waals surface area contributed by atoms with Crippen LogP contribution < -0.4 is 4.74 Å². The van der Waals surface area contributed by atoms with Gasteiger partial charge in [0, 0.05) is 21.1 Å². The van der Waals surface area contributed by atoms with E-state index in [1.165, 1.54) is 0 Å². The summed E-state index contributed by atoms with van der Waals surface area (Å²) in [5.41, 5.74) is 12.3. The van der Waals surface area contributed by atoms with Gasteiger partial charge in [-0.2, -0.15) is 0 Å². The van der Waals surface area contributed by atoms with Gasteiger partial charge in [0.1, 0.15) is 12.4 Å². The molecule has 23 heavy (non-hydrogen) atoms. The van der Waals surface area contributed by atoms with Gasteiger partial charge in [0.25, 0.3) is 0 Å². The molecule has 0 unspecified atom stereocenters. The predicted octanol–water partition coefficient (Wildman–Crippen LogP) is 5.29. The first-order valence-electron chi connectivity index (χ1n) is 7.01. The minimum atomic E-state index is -0.617. The fourth-order valence-corrected chi connectivity index (χ4v) is 2.46. The summed E-state index contributed by atoms with van der Waals surface area (Å²) < 4.78 is 5.84. The Hall–Kier alpha value is -2.49. The fraction of sp³-hybridized carbons (Fsp3) is 0.235. The SMILES string of the molecule is Cc1cc(C)c(OCc2c(C)cccc2C(=O)N=[N+]=[N-])cc1Cl. The first kappa shape index (κ1) is 16.9. The van der Waals surface area contributed by atoms with Gasteiger partial charge in [-0.05, 0) is 54.2 Å². The van der Waals surface area contributed by atoms with E-state index < -0.39 is 5.91 Å². The van der Waals surface area contributed by atoms with Crippen molar-refractivity contribution in [2.75, 3.05) is 0 Å². The van der Waals surface area contributed by atoms with Gasteiger partial charge < -0.3 is 4.74 Å². The van der Waals surface area contributed by atoms with Gasteiger partial charge in [0.05, 0.1) is 0 Å². The number of nitrogens with zero attached hydrogens (tertiary/aromatic N) is 3. The first-order chi connectivity index (χ1) is 10.9. The van der Waals surface area contributed by atoms with Gasteiger partial charge in [0.2, 0.25) is 5.91 Å². The van der Waals surface area contributed by atoms with E-state index in [9.17, 15) is 4.79 Å². The largest absolute Gasteiger partial charge is 0.489 e. The zero-order valence-corrected chi connectivity index (χ0v) is 13.9. The van der Waals surface area contributed by atoms with E-state index in [2.05, 4.69) is 10.0 Å². The average molecular weight is 330 g/mol. The van der Waals surface area contributed by atoms with Crippen LogP contribution in [0.3, 0.4) is 0 Å². The highest BCUT2D eigenvalue weighted by atomic mass is 35.5. The van der Waals surface area contributed by atoms with Crippen molar-refractivity contribution in [2.24, 2.45) is 5.11 Å². The van der Waals surface area contributed by atoms with Gasteiger partial charge >= 0.3 is 0 Å². The zero-order chi connectivity index (χ0) is 17.0. The van der Waals surface area contributed by atoms with Gasteiger partial charge in [-0.25, -0.2) is 0 Å². The van der Waals surface area contributed by atoms with Crippen LogP contribution in [-0.4, -0.2) is 5.91 Å². The first-order valence-corrected chi connectivity index (χ1v) is 7.39. The number of carbonyl (C=O) groups excluding carboxylic acids is 1. The van der Waals surface area contributed by atoms with E-state index in [0.29, 0.717) is 21.9 Å². The number of amides is 1. The van der Waals surface area contributed by atoms with E-state index >= 15 is 0 Å².